The molecule has 0 aliphatic heterocycles. The van der Waals surface area contributed by atoms with Crippen molar-refractivity contribution in [1.29, 1.82) is 0 Å². The summed E-state index contributed by atoms with van der Waals surface area (Å²) in [6.45, 7) is 5.58. The molecule has 1 aromatic rings. The highest BCUT2D eigenvalue weighted by molar-refractivity contribution is 5.89. The van der Waals surface area contributed by atoms with Crippen molar-refractivity contribution in [3.63, 3.8) is 0 Å². The van der Waals surface area contributed by atoms with Crippen molar-refractivity contribution in [2.24, 2.45) is 0 Å². The highest BCUT2D eigenvalue weighted by atomic mass is 16.3. The van der Waals surface area contributed by atoms with Crippen LogP contribution in [0.1, 0.15) is 27.2 Å². The average Bonchev–Trinajstić information content (AvgIpc) is 2.66. The molecule has 2 N–H and O–H groups in total. The molecular formula is C10H17N3O2. The number of nitrogens with one attached hydrogen (secondary N) is 1. The molecule has 1 heterocycles. The third-order valence-electron chi connectivity index (χ3n) is 2.26. The molecule has 0 atom stereocenters. The van der Waals surface area contributed by atoms with Gasteiger partial charge in [-0.15, -0.1) is 0 Å². The van der Waals surface area contributed by atoms with E-state index in [0.717, 1.165) is 0 Å². The van der Waals surface area contributed by atoms with Crippen molar-refractivity contribution in [2.75, 3.05) is 11.9 Å². The van der Waals surface area contributed by atoms with Gasteiger partial charge < -0.3 is 15.0 Å². The van der Waals surface area contributed by atoms with Crippen molar-refractivity contribution < 1.29 is 9.90 Å². The van der Waals surface area contributed by atoms with E-state index < -0.39 is 5.54 Å². The molecule has 0 unspecified atom stereocenters. The monoisotopic (exact) mass is 211 g/mol. The minimum atomic E-state index is -0.401. The Bertz CT molecular complexity index is 344. The first-order valence-electron chi connectivity index (χ1n) is 4.95. The number of aliphatic hydroxyl groups excluding tert-OH is 1. The maximum absolute atomic E-state index is 11.1. The van der Waals surface area contributed by atoms with E-state index in [1.54, 1.807) is 24.0 Å². The largest absolute Gasteiger partial charge is 0.394 e. The van der Waals surface area contributed by atoms with Crippen molar-refractivity contribution >= 4 is 11.7 Å². The van der Waals surface area contributed by atoms with E-state index in [9.17, 15) is 4.79 Å². The molecule has 0 saturated carbocycles. The van der Waals surface area contributed by atoms with Gasteiger partial charge in [-0.3, -0.25) is 4.79 Å². The van der Waals surface area contributed by atoms with E-state index in [2.05, 4.69) is 10.3 Å². The SMILES string of the molecule is CCC(=O)Nc1cn(C(C)(C)CO)cn1. The second-order valence-corrected chi connectivity index (χ2v) is 4.04. The number of aromatic nitrogens is 2. The fourth-order valence-corrected chi connectivity index (χ4v) is 1.03. The minimum absolute atomic E-state index is 0.0184. The first-order valence-corrected chi connectivity index (χ1v) is 4.95. The number of imidazole rings is 1. The van der Waals surface area contributed by atoms with Crippen LogP contribution in [0.15, 0.2) is 12.5 Å². The Morgan fingerprint density at radius 1 is 1.67 bits per heavy atom. The van der Waals surface area contributed by atoms with Crippen LogP contribution in [0.2, 0.25) is 0 Å². The molecule has 0 saturated heterocycles. The number of hydrogen-bond acceptors (Lipinski definition) is 3. The van der Waals surface area contributed by atoms with Gasteiger partial charge >= 0.3 is 0 Å². The molecule has 1 aromatic heterocycles. The van der Waals surface area contributed by atoms with Gasteiger partial charge in [-0.1, -0.05) is 6.92 Å². The number of aliphatic hydroxyl groups is 1. The summed E-state index contributed by atoms with van der Waals surface area (Å²) < 4.78 is 1.78. The number of anilines is 1. The lowest BCUT2D eigenvalue weighted by Gasteiger charge is -2.23. The van der Waals surface area contributed by atoms with Crippen LogP contribution in [0.4, 0.5) is 5.82 Å². The Morgan fingerprint density at radius 2 is 2.33 bits per heavy atom. The molecule has 84 valence electrons. The van der Waals surface area contributed by atoms with Crippen LogP contribution in [-0.4, -0.2) is 27.2 Å². The maximum Gasteiger partial charge on any atom is 0.225 e. The topological polar surface area (TPSA) is 67.2 Å². The number of carbonyl (C=O) groups excluding carboxylic acids is 1. The molecule has 1 rings (SSSR count). The molecular weight excluding hydrogens is 194 g/mol. The highest BCUT2D eigenvalue weighted by Crippen LogP contribution is 2.16. The first kappa shape index (κ1) is 11.7. The zero-order valence-corrected chi connectivity index (χ0v) is 9.32. The average molecular weight is 211 g/mol. The number of hydrogen-bond donors (Lipinski definition) is 2. The summed E-state index contributed by atoms with van der Waals surface area (Å²) in [6, 6.07) is 0. The predicted molar refractivity (Wildman–Crippen MR) is 57.6 cm³/mol. The quantitative estimate of drug-likeness (QED) is 0.779. The standard InChI is InChI=1S/C10H17N3O2/c1-4-9(15)12-8-5-13(7-11-8)10(2,3)6-14/h5,7,14H,4,6H2,1-3H3,(H,12,15). The van der Waals surface area contributed by atoms with Crippen molar-refractivity contribution in [2.45, 2.75) is 32.7 Å². The van der Waals surface area contributed by atoms with Gasteiger partial charge in [-0.05, 0) is 13.8 Å². The lowest BCUT2D eigenvalue weighted by molar-refractivity contribution is -0.115. The molecule has 0 bridgehead atoms. The Kier molecular flexibility index (Phi) is 3.47. The highest BCUT2D eigenvalue weighted by Gasteiger charge is 2.19. The maximum atomic E-state index is 11.1. The van der Waals surface area contributed by atoms with Crippen LogP contribution in [-0.2, 0) is 10.3 Å². The molecule has 5 nitrogen and oxygen atoms in total. The first-order chi connectivity index (χ1) is 6.99. The second kappa shape index (κ2) is 4.44. The zero-order chi connectivity index (χ0) is 11.5. The summed E-state index contributed by atoms with van der Waals surface area (Å²) in [6.07, 6.45) is 3.74. The van der Waals surface area contributed by atoms with Crippen LogP contribution in [0.5, 0.6) is 0 Å². The summed E-state index contributed by atoms with van der Waals surface area (Å²) in [7, 11) is 0. The minimum Gasteiger partial charge on any atom is -0.394 e. The van der Waals surface area contributed by atoms with E-state index in [1.807, 2.05) is 13.8 Å². The summed E-state index contributed by atoms with van der Waals surface area (Å²) in [5.41, 5.74) is -0.401. The second-order valence-electron chi connectivity index (χ2n) is 4.04. The fraction of sp³-hybridized carbons (Fsp3) is 0.600. The Morgan fingerprint density at radius 3 is 2.87 bits per heavy atom. The van der Waals surface area contributed by atoms with Crippen molar-refractivity contribution in [1.82, 2.24) is 9.55 Å². The van der Waals surface area contributed by atoms with Crippen molar-refractivity contribution in [3.8, 4) is 0 Å². The van der Waals surface area contributed by atoms with Crippen molar-refractivity contribution in [3.05, 3.63) is 12.5 Å². The molecule has 0 spiro atoms. The van der Waals surface area contributed by atoms with Crippen LogP contribution < -0.4 is 5.32 Å². The molecule has 0 radical (unpaired) electrons. The van der Waals surface area contributed by atoms with Gasteiger partial charge in [-0.2, -0.15) is 0 Å². The van der Waals surface area contributed by atoms with Gasteiger partial charge in [0.15, 0.2) is 5.82 Å². The molecule has 0 aromatic carbocycles. The Balaban J connectivity index is 2.76. The lowest BCUT2D eigenvalue weighted by atomic mass is 10.1. The summed E-state index contributed by atoms with van der Waals surface area (Å²) in [5.74, 6) is 0.449. The number of carbonyl (C=O) groups is 1. The van der Waals surface area contributed by atoms with Gasteiger partial charge in [0.25, 0.3) is 0 Å². The van der Waals surface area contributed by atoms with E-state index >= 15 is 0 Å². The van der Waals surface area contributed by atoms with E-state index in [1.165, 1.54) is 0 Å². The smallest absolute Gasteiger partial charge is 0.225 e. The van der Waals surface area contributed by atoms with Gasteiger partial charge in [0.2, 0.25) is 5.91 Å². The zero-order valence-electron chi connectivity index (χ0n) is 9.32. The summed E-state index contributed by atoms with van der Waals surface area (Å²) in [5, 5.41) is 11.8. The van der Waals surface area contributed by atoms with Gasteiger partial charge in [0.05, 0.1) is 18.5 Å². The molecule has 15 heavy (non-hydrogen) atoms. The van der Waals surface area contributed by atoms with E-state index in [-0.39, 0.29) is 12.5 Å². The fourth-order valence-electron chi connectivity index (χ4n) is 1.03. The van der Waals surface area contributed by atoms with Gasteiger partial charge in [0.1, 0.15) is 0 Å². The molecule has 1 amide bonds. The third kappa shape index (κ3) is 2.79. The summed E-state index contributed by atoms with van der Waals surface area (Å²) >= 11 is 0. The third-order valence-corrected chi connectivity index (χ3v) is 2.26. The molecule has 0 aliphatic rings. The molecule has 0 aliphatic carbocycles. The Hall–Kier alpha value is -1.36. The summed E-state index contributed by atoms with van der Waals surface area (Å²) in [4.78, 5) is 15.1. The van der Waals surface area contributed by atoms with Crippen LogP contribution >= 0.6 is 0 Å². The number of amides is 1. The molecule has 5 heteroatoms. The van der Waals surface area contributed by atoms with Crippen LogP contribution in [0, 0.1) is 0 Å². The van der Waals surface area contributed by atoms with E-state index in [4.69, 9.17) is 5.11 Å². The van der Waals surface area contributed by atoms with Gasteiger partial charge in [-0.25, -0.2) is 4.98 Å². The number of rotatable bonds is 4. The number of nitrogens with zero attached hydrogens (tertiary/aromatic N) is 2. The van der Waals surface area contributed by atoms with Crippen LogP contribution in [0.3, 0.4) is 0 Å². The lowest BCUT2D eigenvalue weighted by Crippen LogP contribution is -2.29. The van der Waals surface area contributed by atoms with Crippen LogP contribution in [0.25, 0.3) is 0 Å². The normalized spacial score (nSPS) is 11.5. The van der Waals surface area contributed by atoms with E-state index in [0.29, 0.717) is 12.2 Å². The predicted octanol–water partition coefficient (Wildman–Crippen LogP) is 0.959. The van der Waals surface area contributed by atoms with Gasteiger partial charge in [0, 0.05) is 12.6 Å². The molecule has 0 fully saturated rings. The Labute approximate surface area is 89.1 Å².